The number of rotatable bonds is 7. The Kier molecular flexibility index (Phi) is 5.32. The Bertz CT molecular complexity index is 884. The molecule has 146 valence electrons. The second kappa shape index (κ2) is 7.69. The number of fused-ring (bicyclic) bond motifs is 3. The van der Waals surface area contributed by atoms with Crippen molar-refractivity contribution in [2.24, 2.45) is 11.5 Å². The number of carbonyl (C=O) groups excluding carboxylic acids is 2. The fourth-order valence-corrected chi connectivity index (χ4v) is 3.36. The second-order valence-electron chi connectivity index (χ2n) is 6.69. The summed E-state index contributed by atoms with van der Waals surface area (Å²) in [5, 5.41) is 11.4. The van der Waals surface area contributed by atoms with Crippen molar-refractivity contribution >= 4 is 18.0 Å². The molecule has 0 aromatic heterocycles. The summed E-state index contributed by atoms with van der Waals surface area (Å²) in [6.07, 6.45) is -1.61. The molecular weight excluding hydrogens is 362 g/mol. The molecule has 6 N–H and O–H groups in total. The average molecular weight is 383 g/mol. The minimum atomic E-state index is -2.14. The highest BCUT2D eigenvalue weighted by atomic mass is 16.5. The predicted molar refractivity (Wildman–Crippen MR) is 101 cm³/mol. The highest BCUT2D eigenvalue weighted by Crippen LogP contribution is 2.44. The molecule has 2 amide bonds. The zero-order chi connectivity index (χ0) is 20.3. The summed E-state index contributed by atoms with van der Waals surface area (Å²) in [5.41, 5.74) is 12.8. The third-order valence-electron chi connectivity index (χ3n) is 4.82. The molecule has 0 spiro atoms. The van der Waals surface area contributed by atoms with Crippen molar-refractivity contribution in [3.63, 3.8) is 0 Å². The zero-order valence-electron chi connectivity index (χ0n) is 15.1. The van der Waals surface area contributed by atoms with Gasteiger partial charge in [-0.25, -0.2) is 9.59 Å². The highest BCUT2D eigenvalue weighted by Gasteiger charge is 2.37. The SMILES string of the molecule is NC(=O)CC[C@](N)(NC(=O)OCC1c2ccccc2-c2ccccc21)C(=O)O. The van der Waals surface area contributed by atoms with Gasteiger partial charge < -0.3 is 15.6 Å². The maximum atomic E-state index is 12.2. The van der Waals surface area contributed by atoms with Gasteiger partial charge in [0.2, 0.25) is 5.91 Å². The Morgan fingerprint density at radius 1 is 1.04 bits per heavy atom. The molecule has 0 saturated heterocycles. The maximum Gasteiger partial charge on any atom is 0.409 e. The van der Waals surface area contributed by atoms with E-state index in [1.807, 2.05) is 48.5 Å². The van der Waals surface area contributed by atoms with Crippen molar-refractivity contribution in [1.82, 2.24) is 5.32 Å². The molecule has 3 rings (SSSR count). The zero-order valence-corrected chi connectivity index (χ0v) is 15.1. The van der Waals surface area contributed by atoms with Crippen LogP contribution in [0.15, 0.2) is 48.5 Å². The van der Waals surface area contributed by atoms with Crippen LogP contribution >= 0.6 is 0 Å². The molecule has 1 aliphatic rings. The number of ether oxygens (including phenoxy) is 1. The third kappa shape index (κ3) is 3.81. The van der Waals surface area contributed by atoms with Crippen molar-refractivity contribution in [1.29, 1.82) is 0 Å². The maximum absolute atomic E-state index is 12.2. The first kappa shape index (κ1) is 19.4. The lowest BCUT2D eigenvalue weighted by atomic mass is 9.98. The predicted octanol–water partition coefficient (Wildman–Crippen LogP) is 1.53. The van der Waals surface area contributed by atoms with Gasteiger partial charge in [-0.05, 0) is 22.3 Å². The summed E-state index contributed by atoms with van der Waals surface area (Å²) in [6.45, 7) is 0.0192. The van der Waals surface area contributed by atoms with Gasteiger partial charge in [-0.2, -0.15) is 0 Å². The topological polar surface area (TPSA) is 145 Å². The van der Waals surface area contributed by atoms with E-state index in [-0.39, 0.29) is 25.4 Å². The lowest BCUT2D eigenvalue weighted by Crippen LogP contribution is -2.62. The molecule has 0 heterocycles. The van der Waals surface area contributed by atoms with Crippen molar-refractivity contribution in [3.8, 4) is 11.1 Å². The van der Waals surface area contributed by atoms with Gasteiger partial charge >= 0.3 is 12.1 Å². The van der Waals surface area contributed by atoms with Crippen LogP contribution in [-0.4, -0.2) is 35.3 Å². The molecule has 28 heavy (non-hydrogen) atoms. The van der Waals surface area contributed by atoms with Gasteiger partial charge in [0, 0.05) is 18.8 Å². The molecule has 0 radical (unpaired) electrons. The van der Waals surface area contributed by atoms with Crippen molar-refractivity contribution in [2.45, 2.75) is 24.4 Å². The number of nitrogens with one attached hydrogen (secondary N) is 1. The van der Waals surface area contributed by atoms with E-state index in [9.17, 15) is 19.5 Å². The van der Waals surface area contributed by atoms with Gasteiger partial charge in [0.05, 0.1) is 0 Å². The van der Waals surface area contributed by atoms with Gasteiger partial charge in [0.15, 0.2) is 5.66 Å². The second-order valence-corrected chi connectivity index (χ2v) is 6.69. The Morgan fingerprint density at radius 2 is 1.57 bits per heavy atom. The van der Waals surface area contributed by atoms with Crippen LogP contribution in [0.3, 0.4) is 0 Å². The quantitative estimate of drug-likeness (QED) is 0.534. The van der Waals surface area contributed by atoms with Crippen LogP contribution < -0.4 is 16.8 Å². The van der Waals surface area contributed by atoms with E-state index in [2.05, 4.69) is 5.32 Å². The minimum absolute atomic E-state index is 0.0192. The summed E-state index contributed by atoms with van der Waals surface area (Å²) in [5.74, 6) is -2.37. The third-order valence-corrected chi connectivity index (χ3v) is 4.82. The van der Waals surface area contributed by atoms with Crippen LogP contribution in [0.4, 0.5) is 4.79 Å². The van der Waals surface area contributed by atoms with Gasteiger partial charge in [-0.3, -0.25) is 15.8 Å². The number of primary amides is 1. The molecule has 0 saturated carbocycles. The summed E-state index contributed by atoms with van der Waals surface area (Å²) in [6, 6.07) is 15.7. The van der Waals surface area contributed by atoms with Crippen molar-refractivity contribution < 1.29 is 24.2 Å². The Hall–Kier alpha value is -3.39. The summed E-state index contributed by atoms with van der Waals surface area (Å²) in [4.78, 5) is 34.5. The Morgan fingerprint density at radius 3 is 2.07 bits per heavy atom. The number of alkyl carbamates (subject to hydrolysis) is 1. The number of carbonyl (C=O) groups is 3. The van der Waals surface area contributed by atoms with E-state index in [4.69, 9.17) is 16.2 Å². The first-order valence-corrected chi connectivity index (χ1v) is 8.75. The van der Waals surface area contributed by atoms with Crippen LogP contribution in [0.1, 0.15) is 29.9 Å². The number of hydrogen-bond acceptors (Lipinski definition) is 5. The molecule has 2 aromatic carbocycles. The van der Waals surface area contributed by atoms with E-state index in [0.717, 1.165) is 22.3 Å². The lowest BCUT2D eigenvalue weighted by Gasteiger charge is -2.25. The first-order valence-electron chi connectivity index (χ1n) is 8.75. The summed E-state index contributed by atoms with van der Waals surface area (Å²) < 4.78 is 5.28. The molecule has 0 aliphatic heterocycles. The van der Waals surface area contributed by atoms with E-state index in [1.165, 1.54) is 0 Å². The van der Waals surface area contributed by atoms with Crippen LogP contribution in [0.25, 0.3) is 11.1 Å². The van der Waals surface area contributed by atoms with Crippen LogP contribution in [0.5, 0.6) is 0 Å². The molecule has 8 heteroatoms. The Labute approximate surface area is 161 Å². The number of benzene rings is 2. The number of nitrogens with two attached hydrogens (primary N) is 2. The summed E-state index contributed by atoms with van der Waals surface area (Å²) in [7, 11) is 0. The van der Waals surface area contributed by atoms with E-state index >= 15 is 0 Å². The number of aliphatic carboxylic acids is 1. The molecule has 0 unspecified atom stereocenters. The van der Waals surface area contributed by atoms with Crippen LogP contribution in [0, 0.1) is 0 Å². The molecule has 1 aliphatic carbocycles. The largest absolute Gasteiger partial charge is 0.478 e. The van der Waals surface area contributed by atoms with E-state index in [0.29, 0.717) is 0 Å². The van der Waals surface area contributed by atoms with Gasteiger partial charge in [0.1, 0.15) is 6.61 Å². The standard InChI is InChI=1S/C20H21N3O5/c21-17(24)9-10-20(22,18(25)26)23-19(27)28-11-16-14-7-3-1-5-12(14)13-6-2-4-8-15(13)16/h1-8,16H,9-11,22H2,(H2,21,24)(H,23,27)(H,25,26)/t20-/m0/s1. The lowest BCUT2D eigenvalue weighted by molar-refractivity contribution is -0.145. The fraction of sp³-hybridized carbons (Fsp3) is 0.250. The molecule has 8 nitrogen and oxygen atoms in total. The van der Waals surface area contributed by atoms with Crippen molar-refractivity contribution in [3.05, 3.63) is 59.7 Å². The molecule has 2 aromatic rings. The van der Waals surface area contributed by atoms with E-state index < -0.39 is 23.6 Å². The normalized spacial score (nSPS) is 14.5. The molecule has 0 fully saturated rings. The number of carboxylic acids is 1. The van der Waals surface area contributed by atoms with Gasteiger partial charge in [0.25, 0.3) is 0 Å². The van der Waals surface area contributed by atoms with Gasteiger partial charge in [-0.1, -0.05) is 48.5 Å². The number of carboxylic acid groups (broad SMARTS) is 1. The Balaban J connectivity index is 1.71. The van der Waals surface area contributed by atoms with Crippen LogP contribution in [-0.2, 0) is 14.3 Å². The summed E-state index contributed by atoms with van der Waals surface area (Å²) >= 11 is 0. The smallest absolute Gasteiger partial charge is 0.409 e. The van der Waals surface area contributed by atoms with Crippen molar-refractivity contribution in [2.75, 3.05) is 6.61 Å². The monoisotopic (exact) mass is 383 g/mol. The number of hydrogen-bond donors (Lipinski definition) is 4. The fourth-order valence-electron chi connectivity index (χ4n) is 3.36. The molecular formula is C20H21N3O5. The number of amides is 2. The average Bonchev–Trinajstić information content (AvgIpc) is 2.98. The van der Waals surface area contributed by atoms with Gasteiger partial charge in [-0.15, -0.1) is 0 Å². The van der Waals surface area contributed by atoms with Crippen LogP contribution in [0.2, 0.25) is 0 Å². The minimum Gasteiger partial charge on any atom is -0.478 e. The molecule has 0 bridgehead atoms. The van der Waals surface area contributed by atoms with E-state index in [1.54, 1.807) is 0 Å². The first-order chi connectivity index (χ1) is 13.3. The molecule has 1 atom stereocenters. The highest BCUT2D eigenvalue weighted by molar-refractivity contribution is 5.85.